The van der Waals surface area contributed by atoms with Gasteiger partial charge in [0, 0.05) is 6.07 Å². The van der Waals surface area contributed by atoms with E-state index in [1.54, 1.807) is 14.2 Å². The summed E-state index contributed by atoms with van der Waals surface area (Å²) in [6.45, 7) is 4.01. The van der Waals surface area contributed by atoms with Crippen molar-refractivity contribution in [3.05, 3.63) is 59.7 Å². The van der Waals surface area contributed by atoms with Crippen LogP contribution in [0.4, 0.5) is 0 Å². The van der Waals surface area contributed by atoms with Crippen molar-refractivity contribution in [3.8, 4) is 11.5 Å². The largest absolute Gasteiger partial charge is 0.497 e. The number of rotatable bonds is 2. The Hall–Kier alpha value is -1.96. The number of methoxy groups -OCH3 is 2. The molecule has 0 aliphatic heterocycles. The number of hydrogen-bond acceptors (Lipinski definition) is 2. The standard InChI is InChI=1S/2C8H9O/c2*1-7-4-3-5-8(6-7)9-2/h3,5-6H,1-2H3;3-4,6H,1-2H3. The lowest BCUT2D eigenvalue weighted by Crippen LogP contribution is -1.81. The van der Waals surface area contributed by atoms with E-state index in [0.717, 1.165) is 17.1 Å². The van der Waals surface area contributed by atoms with Gasteiger partial charge in [0.05, 0.1) is 14.2 Å². The van der Waals surface area contributed by atoms with E-state index < -0.39 is 0 Å². The minimum Gasteiger partial charge on any atom is -0.497 e. The minimum atomic E-state index is 0.801. The molecule has 0 fully saturated rings. The first-order valence-corrected chi connectivity index (χ1v) is 5.70. The fourth-order valence-electron chi connectivity index (χ4n) is 1.36. The van der Waals surface area contributed by atoms with Crippen molar-refractivity contribution in [1.82, 2.24) is 0 Å². The Balaban J connectivity index is 0.000000180. The maximum Gasteiger partial charge on any atom is 0.127 e. The van der Waals surface area contributed by atoms with E-state index in [0.29, 0.717) is 0 Å². The van der Waals surface area contributed by atoms with E-state index in [2.05, 4.69) is 12.1 Å². The van der Waals surface area contributed by atoms with Gasteiger partial charge in [-0.1, -0.05) is 18.2 Å². The van der Waals surface area contributed by atoms with E-state index >= 15 is 0 Å². The van der Waals surface area contributed by atoms with Crippen LogP contribution in [0.5, 0.6) is 11.5 Å². The molecule has 0 aliphatic carbocycles. The fraction of sp³-hybridized carbons (Fsp3) is 0.250. The van der Waals surface area contributed by atoms with Crippen molar-refractivity contribution >= 4 is 0 Å². The van der Waals surface area contributed by atoms with E-state index in [4.69, 9.17) is 9.47 Å². The Morgan fingerprint density at radius 2 is 1.61 bits per heavy atom. The molecule has 0 amide bonds. The van der Waals surface area contributed by atoms with Crippen molar-refractivity contribution in [3.63, 3.8) is 0 Å². The smallest absolute Gasteiger partial charge is 0.127 e. The van der Waals surface area contributed by atoms with Gasteiger partial charge in [0.25, 0.3) is 0 Å². The molecule has 2 aromatic carbocycles. The summed E-state index contributed by atoms with van der Waals surface area (Å²) in [5.41, 5.74) is 2.31. The number of aryl methyl sites for hydroxylation is 2. The Morgan fingerprint density at radius 1 is 0.889 bits per heavy atom. The summed E-state index contributed by atoms with van der Waals surface area (Å²) in [6.07, 6.45) is 0. The molecule has 0 aliphatic rings. The molecule has 94 valence electrons. The molecule has 2 radical (unpaired) electrons. The number of hydrogen-bond donors (Lipinski definition) is 0. The van der Waals surface area contributed by atoms with Crippen LogP contribution in [0.25, 0.3) is 0 Å². The Kier molecular flexibility index (Phi) is 5.78. The van der Waals surface area contributed by atoms with Crippen molar-refractivity contribution in [2.45, 2.75) is 13.8 Å². The molecule has 0 bridgehead atoms. The number of benzene rings is 2. The average Bonchev–Trinajstić information content (AvgIpc) is 2.39. The second-order valence-electron chi connectivity index (χ2n) is 3.85. The van der Waals surface area contributed by atoms with Gasteiger partial charge >= 0.3 is 0 Å². The fourth-order valence-corrected chi connectivity index (χ4v) is 1.36. The normalized spacial score (nSPS) is 9.11. The first-order chi connectivity index (χ1) is 8.65. The Morgan fingerprint density at radius 3 is 2.06 bits per heavy atom. The summed E-state index contributed by atoms with van der Waals surface area (Å²) >= 11 is 0. The van der Waals surface area contributed by atoms with Crippen molar-refractivity contribution < 1.29 is 9.47 Å². The quantitative estimate of drug-likeness (QED) is 0.801. The van der Waals surface area contributed by atoms with Gasteiger partial charge in [0.15, 0.2) is 0 Å². The highest BCUT2D eigenvalue weighted by molar-refractivity contribution is 5.26. The Labute approximate surface area is 109 Å². The Bertz CT molecular complexity index is 433. The van der Waals surface area contributed by atoms with Crippen LogP contribution in [0.3, 0.4) is 0 Å². The summed E-state index contributed by atoms with van der Waals surface area (Å²) in [7, 11) is 3.31. The lowest BCUT2D eigenvalue weighted by Gasteiger charge is -1.97. The number of ether oxygens (including phenoxy) is 2. The summed E-state index contributed by atoms with van der Waals surface area (Å²) < 4.78 is 9.91. The van der Waals surface area contributed by atoms with Crippen LogP contribution < -0.4 is 9.47 Å². The molecular weight excluding hydrogens is 224 g/mol. The SMILES string of the molecule is COc1[c]ccc(C)c1.COc1cc[c]c(C)c1. The topological polar surface area (TPSA) is 18.5 Å². The maximum atomic E-state index is 4.97. The van der Waals surface area contributed by atoms with Crippen LogP contribution in [0, 0.1) is 26.0 Å². The summed E-state index contributed by atoms with van der Waals surface area (Å²) in [5, 5.41) is 0. The maximum absolute atomic E-state index is 4.97. The van der Waals surface area contributed by atoms with Gasteiger partial charge in [-0.2, -0.15) is 0 Å². The van der Waals surface area contributed by atoms with E-state index in [9.17, 15) is 0 Å². The molecule has 0 aromatic heterocycles. The highest BCUT2D eigenvalue weighted by atomic mass is 16.5. The van der Waals surface area contributed by atoms with Crippen LogP contribution in [-0.4, -0.2) is 14.2 Å². The third-order valence-electron chi connectivity index (χ3n) is 2.30. The highest BCUT2D eigenvalue weighted by Crippen LogP contribution is 2.10. The van der Waals surface area contributed by atoms with Gasteiger partial charge in [-0.05, 0) is 49.2 Å². The average molecular weight is 242 g/mol. The molecule has 0 unspecified atom stereocenters. The lowest BCUT2D eigenvalue weighted by molar-refractivity contribution is 0.413. The van der Waals surface area contributed by atoms with Crippen LogP contribution >= 0.6 is 0 Å². The van der Waals surface area contributed by atoms with E-state index in [1.807, 2.05) is 50.2 Å². The molecule has 0 N–H and O–H groups in total. The zero-order valence-electron chi connectivity index (χ0n) is 11.3. The second-order valence-corrected chi connectivity index (χ2v) is 3.85. The van der Waals surface area contributed by atoms with Gasteiger partial charge in [0.1, 0.15) is 11.5 Å². The van der Waals surface area contributed by atoms with E-state index in [1.165, 1.54) is 5.56 Å². The van der Waals surface area contributed by atoms with Crippen LogP contribution in [0.2, 0.25) is 0 Å². The van der Waals surface area contributed by atoms with Crippen molar-refractivity contribution in [2.75, 3.05) is 14.2 Å². The molecule has 2 rings (SSSR count). The first kappa shape index (κ1) is 14.1. The van der Waals surface area contributed by atoms with Gasteiger partial charge in [-0.15, -0.1) is 0 Å². The van der Waals surface area contributed by atoms with Crippen LogP contribution in [0.15, 0.2) is 36.4 Å². The zero-order chi connectivity index (χ0) is 13.4. The molecule has 2 aromatic rings. The minimum absolute atomic E-state index is 0.801. The van der Waals surface area contributed by atoms with Gasteiger partial charge in [-0.25, -0.2) is 0 Å². The van der Waals surface area contributed by atoms with Crippen molar-refractivity contribution in [1.29, 1.82) is 0 Å². The predicted octanol–water partition coefficient (Wildman–Crippen LogP) is 3.61. The third kappa shape index (κ3) is 4.91. The van der Waals surface area contributed by atoms with Crippen LogP contribution in [0.1, 0.15) is 11.1 Å². The zero-order valence-corrected chi connectivity index (χ0v) is 11.3. The molecule has 0 saturated heterocycles. The third-order valence-corrected chi connectivity index (χ3v) is 2.30. The molecule has 2 nitrogen and oxygen atoms in total. The summed E-state index contributed by atoms with van der Waals surface area (Å²) in [6, 6.07) is 17.4. The molecule has 0 saturated carbocycles. The first-order valence-electron chi connectivity index (χ1n) is 5.70. The van der Waals surface area contributed by atoms with Crippen molar-refractivity contribution in [2.24, 2.45) is 0 Å². The van der Waals surface area contributed by atoms with Gasteiger partial charge in [-0.3, -0.25) is 0 Å². The van der Waals surface area contributed by atoms with Crippen LogP contribution in [-0.2, 0) is 0 Å². The highest BCUT2D eigenvalue weighted by Gasteiger charge is 1.88. The molecule has 2 heteroatoms. The molecule has 0 spiro atoms. The predicted molar refractivity (Wildman–Crippen MR) is 73.1 cm³/mol. The van der Waals surface area contributed by atoms with Gasteiger partial charge < -0.3 is 9.47 Å². The molecule has 0 heterocycles. The monoisotopic (exact) mass is 242 g/mol. The van der Waals surface area contributed by atoms with Gasteiger partial charge in [0.2, 0.25) is 0 Å². The summed E-state index contributed by atoms with van der Waals surface area (Å²) in [4.78, 5) is 0. The molecular formula is C16H18O2. The molecule has 18 heavy (non-hydrogen) atoms. The molecule has 0 atom stereocenters. The van der Waals surface area contributed by atoms with E-state index in [-0.39, 0.29) is 0 Å². The second kappa shape index (κ2) is 7.38. The lowest BCUT2D eigenvalue weighted by atomic mass is 10.2. The summed E-state index contributed by atoms with van der Waals surface area (Å²) in [5.74, 6) is 1.70.